The van der Waals surface area contributed by atoms with Crippen LogP contribution in [0.5, 0.6) is 0 Å². The van der Waals surface area contributed by atoms with Crippen molar-refractivity contribution in [1.29, 1.82) is 0 Å². The third-order valence-electron chi connectivity index (χ3n) is 5.42. The van der Waals surface area contributed by atoms with E-state index in [2.05, 4.69) is 20.5 Å². The molecule has 1 saturated heterocycles. The molecule has 2 aromatic heterocycles. The van der Waals surface area contributed by atoms with Crippen LogP contribution in [-0.4, -0.2) is 65.6 Å². The Morgan fingerprint density at radius 2 is 2.20 bits per heavy atom. The number of ketones is 1. The van der Waals surface area contributed by atoms with Gasteiger partial charge in [0.05, 0.1) is 5.69 Å². The summed E-state index contributed by atoms with van der Waals surface area (Å²) in [6, 6.07) is -0.323. The van der Waals surface area contributed by atoms with Crippen LogP contribution in [-0.2, 0) is 11.2 Å². The van der Waals surface area contributed by atoms with Gasteiger partial charge in [-0.3, -0.25) is 9.59 Å². The first-order valence-corrected chi connectivity index (χ1v) is 11.4. The van der Waals surface area contributed by atoms with Gasteiger partial charge in [-0.2, -0.15) is 0 Å². The Morgan fingerprint density at radius 3 is 2.90 bits per heavy atom. The summed E-state index contributed by atoms with van der Waals surface area (Å²) in [6.07, 6.45) is 2.18. The molecule has 3 heterocycles. The molecule has 1 aliphatic heterocycles. The molecule has 0 spiro atoms. The monoisotopic (exact) mass is 433 g/mol. The fraction of sp³-hybridized carbons (Fsp3) is 0.571. The number of nitrogens with zero attached hydrogens (tertiary/aromatic N) is 2. The third kappa shape index (κ3) is 4.74. The predicted molar refractivity (Wildman–Crippen MR) is 119 cm³/mol. The van der Waals surface area contributed by atoms with Gasteiger partial charge in [0, 0.05) is 49.4 Å². The fourth-order valence-corrected chi connectivity index (χ4v) is 4.86. The second-order valence-electron chi connectivity index (χ2n) is 7.54. The summed E-state index contributed by atoms with van der Waals surface area (Å²) in [5.41, 5.74) is 4.32. The maximum absolute atomic E-state index is 12.7. The highest BCUT2D eigenvalue weighted by atomic mass is 32.1. The molecule has 1 amide bonds. The molecule has 1 atom stereocenters. The lowest BCUT2D eigenvalue weighted by Gasteiger charge is -2.35. The van der Waals surface area contributed by atoms with E-state index >= 15 is 0 Å². The van der Waals surface area contributed by atoms with Crippen molar-refractivity contribution >= 4 is 28.2 Å². The zero-order chi connectivity index (χ0) is 21.7. The van der Waals surface area contributed by atoms with Crippen molar-refractivity contribution < 1.29 is 14.7 Å². The summed E-state index contributed by atoms with van der Waals surface area (Å²) in [5.74, 6) is 0.0306. The third-order valence-corrected chi connectivity index (χ3v) is 6.30. The Morgan fingerprint density at radius 1 is 1.40 bits per heavy atom. The van der Waals surface area contributed by atoms with E-state index in [4.69, 9.17) is 10.1 Å². The number of H-pyrrole nitrogens is 1. The number of aromatic amines is 1. The first-order chi connectivity index (χ1) is 14.5. The van der Waals surface area contributed by atoms with E-state index < -0.39 is 0 Å². The van der Waals surface area contributed by atoms with Crippen molar-refractivity contribution in [1.82, 2.24) is 20.6 Å². The molecule has 30 heavy (non-hydrogen) atoms. The van der Waals surface area contributed by atoms with Crippen molar-refractivity contribution in [3.8, 4) is 11.4 Å². The molecule has 1 aliphatic rings. The molecule has 9 heteroatoms. The number of carbonyl (C=O) groups is 2. The number of nitrogens with one attached hydrogen (secondary N) is 3. The summed E-state index contributed by atoms with van der Waals surface area (Å²) in [7, 11) is 0. The van der Waals surface area contributed by atoms with Gasteiger partial charge in [0.25, 0.3) is 0 Å². The van der Waals surface area contributed by atoms with Crippen LogP contribution in [0.4, 0.5) is 5.13 Å². The number of aryl methyl sites for hydroxylation is 1. The van der Waals surface area contributed by atoms with Crippen LogP contribution in [0.1, 0.15) is 48.3 Å². The molecule has 0 aliphatic carbocycles. The molecule has 2 aromatic rings. The van der Waals surface area contributed by atoms with E-state index in [-0.39, 0.29) is 24.3 Å². The summed E-state index contributed by atoms with van der Waals surface area (Å²) < 4.78 is 0. The highest BCUT2D eigenvalue weighted by Gasteiger charge is 2.31. The van der Waals surface area contributed by atoms with E-state index in [1.165, 1.54) is 11.3 Å². The Balaban J connectivity index is 1.81. The summed E-state index contributed by atoms with van der Waals surface area (Å²) >= 11 is 1.52. The number of piperazine rings is 1. The Kier molecular flexibility index (Phi) is 7.63. The zero-order valence-electron chi connectivity index (χ0n) is 17.9. The van der Waals surface area contributed by atoms with Crippen molar-refractivity contribution in [2.75, 3.05) is 37.7 Å². The average molecular weight is 434 g/mol. The van der Waals surface area contributed by atoms with Crippen LogP contribution in [0, 0.1) is 6.92 Å². The van der Waals surface area contributed by atoms with E-state index in [0.717, 1.165) is 52.7 Å². The number of rotatable bonds is 9. The number of unbranched alkanes of at least 4 members (excludes halogenated alkanes) is 1. The van der Waals surface area contributed by atoms with Crippen molar-refractivity contribution in [2.45, 2.75) is 46.1 Å². The number of Topliss-reactive ketones (excluding diaryl/α,β-unsaturated/α-hetero) is 1. The number of thiazole rings is 1. The van der Waals surface area contributed by atoms with Crippen LogP contribution < -0.4 is 15.5 Å². The standard InChI is InChI=1S/C21H31N5O3S/c1-4-15-18(14(3)28)13(2)24-19(15)16-12-30-21(25-16)26-9-8-22-11-17(26)20(29)23-7-5-6-10-27/h12,17,22,24,27H,4-11H2,1-3H3,(H,23,29). The summed E-state index contributed by atoms with van der Waals surface area (Å²) in [4.78, 5) is 35.0. The number of hydrogen-bond acceptors (Lipinski definition) is 7. The predicted octanol–water partition coefficient (Wildman–Crippen LogP) is 1.88. The van der Waals surface area contributed by atoms with Crippen LogP contribution >= 0.6 is 11.3 Å². The second-order valence-corrected chi connectivity index (χ2v) is 8.38. The molecule has 164 valence electrons. The molecule has 0 radical (unpaired) electrons. The second kappa shape index (κ2) is 10.2. The lowest BCUT2D eigenvalue weighted by Crippen LogP contribution is -2.58. The zero-order valence-corrected chi connectivity index (χ0v) is 18.7. The fourth-order valence-electron chi connectivity index (χ4n) is 3.97. The van der Waals surface area contributed by atoms with Gasteiger partial charge in [0.2, 0.25) is 5.91 Å². The summed E-state index contributed by atoms with van der Waals surface area (Å²) in [5, 5.41) is 17.9. The van der Waals surface area contributed by atoms with Gasteiger partial charge in [0.1, 0.15) is 11.7 Å². The average Bonchev–Trinajstić information content (AvgIpc) is 3.35. The Labute approximate surface area is 181 Å². The maximum Gasteiger partial charge on any atom is 0.244 e. The number of aliphatic hydroxyl groups is 1. The number of aromatic nitrogens is 2. The van der Waals surface area contributed by atoms with E-state index in [9.17, 15) is 9.59 Å². The number of aliphatic hydroxyl groups excluding tert-OH is 1. The van der Waals surface area contributed by atoms with Gasteiger partial charge in [0.15, 0.2) is 10.9 Å². The van der Waals surface area contributed by atoms with Crippen LogP contribution in [0.3, 0.4) is 0 Å². The van der Waals surface area contributed by atoms with Gasteiger partial charge >= 0.3 is 0 Å². The molecule has 1 unspecified atom stereocenters. The van der Waals surface area contributed by atoms with Gasteiger partial charge in [-0.25, -0.2) is 4.98 Å². The van der Waals surface area contributed by atoms with Gasteiger partial charge in [-0.1, -0.05) is 6.92 Å². The van der Waals surface area contributed by atoms with Gasteiger partial charge in [-0.05, 0) is 38.7 Å². The molecule has 0 aromatic carbocycles. The van der Waals surface area contributed by atoms with E-state index in [0.29, 0.717) is 26.1 Å². The number of hydrogen-bond donors (Lipinski definition) is 4. The smallest absolute Gasteiger partial charge is 0.244 e. The molecule has 0 bridgehead atoms. The van der Waals surface area contributed by atoms with Gasteiger partial charge in [-0.15, -0.1) is 11.3 Å². The van der Waals surface area contributed by atoms with E-state index in [1.807, 2.05) is 19.2 Å². The number of anilines is 1. The van der Waals surface area contributed by atoms with Crippen molar-refractivity contribution in [3.05, 3.63) is 22.2 Å². The quantitative estimate of drug-likeness (QED) is 0.355. The molecule has 8 nitrogen and oxygen atoms in total. The number of carbonyl (C=O) groups excluding carboxylic acids is 2. The first-order valence-electron chi connectivity index (χ1n) is 10.5. The topological polar surface area (TPSA) is 110 Å². The minimum Gasteiger partial charge on any atom is -0.396 e. The first kappa shape index (κ1) is 22.5. The molecule has 1 fully saturated rings. The highest BCUT2D eigenvalue weighted by Crippen LogP contribution is 2.33. The highest BCUT2D eigenvalue weighted by molar-refractivity contribution is 7.14. The lowest BCUT2D eigenvalue weighted by molar-refractivity contribution is -0.122. The molecular formula is C21H31N5O3S. The van der Waals surface area contributed by atoms with Crippen LogP contribution in [0.2, 0.25) is 0 Å². The summed E-state index contributed by atoms with van der Waals surface area (Å²) in [6.45, 7) is 8.30. The van der Waals surface area contributed by atoms with Crippen LogP contribution in [0.15, 0.2) is 5.38 Å². The molecule has 4 N–H and O–H groups in total. The SMILES string of the molecule is CCc1c(-c2csc(N3CCNCC3C(=O)NCCCCO)n2)[nH]c(C)c1C(C)=O. The Bertz CT molecular complexity index is 891. The van der Waals surface area contributed by atoms with Gasteiger partial charge < -0.3 is 25.6 Å². The minimum absolute atomic E-state index is 0.0271. The normalized spacial score (nSPS) is 16.7. The number of amides is 1. The minimum atomic E-state index is -0.323. The maximum atomic E-state index is 12.7. The molecule has 3 rings (SSSR count). The van der Waals surface area contributed by atoms with E-state index in [1.54, 1.807) is 6.92 Å². The molecular weight excluding hydrogens is 402 g/mol. The van der Waals surface area contributed by atoms with Crippen molar-refractivity contribution in [3.63, 3.8) is 0 Å². The van der Waals surface area contributed by atoms with Crippen LogP contribution in [0.25, 0.3) is 11.4 Å². The van der Waals surface area contributed by atoms with Crippen molar-refractivity contribution in [2.24, 2.45) is 0 Å². The lowest BCUT2D eigenvalue weighted by atomic mass is 10.0. The molecule has 0 saturated carbocycles. The Hall–Kier alpha value is -2.23. The largest absolute Gasteiger partial charge is 0.396 e.